The second-order valence-electron chi connectivity index (χ2n) is 6.50. The number of hydrogen-bond acceptors (Lipinski definition) is 3. The third-order valence-corrected chi connectivity index (χ3v) is 6.51. The number of nitrogens with zero attached hydrogens (tertiary/aromatic N) is 2. The number of urea groups is 1. The van der Waals surface area contributed by atoms with Crippen LogP contribution in [-0.4, -0.2) is 56.2 Å². The van der Waals surface area contributed by atoms with Gasteiger partial charge in [0.05, 0.1) is 5.37 Å². The Morgan fingerprint density at radius 2 is 1.90 bits per heavy atom. The standard InChI is InChI=1S/C15H24N2O3S/c1-3-11-7-4-9(2)16(11)15(20)17-12(14(18)19)8-21-13(17)10-5-6-10/h9-13H,3-8H2,1-2H3,(H,18,19). The average molecular weight is 312 g/mol. The first-order valence-corrected chi connectivity index (χ1v) is 9.04. The molecule has 3 aliphatic rings. The second-order valence-corrected chi connectivity index (χ2v) is 7.65. The maximum Gasteiger partial charge on any atom is 0.327 e. The lowest BCUT2D eigenvalue weighted by Crippen LogP contribution is -2.54. The number of likely N-dealkylation sites (tertiary alicyclic amines) is 1. The molecule has 3 fully saturated rings. The molecule has 2 aliphatic heterocycles. The minimum Gasteiger partial charge on any atom is -0.480 e. The molecule has 4 unspecified atom stereocenters. The van der Waals surface area contributed by atoms with E-state index in [1.165, 1.54) is 0 Å². The van der Waals surface area contributed by atoms with Crippen LogP contribution in [0, 0.1) is 5.92 Å². The van der Waals surface area contributed by atoms with Crippen LogP contribution in [-0.2, 0) is 4.79 Å². The molecule has 0 aromatic rings. The summed E-state index contributed by atoms with van der Waals surface area (Å²) in [6.07, 6.45) is 5.26. The van der Waals surface area contributed by atoms with Crippen LogP contribution in [0.1, 0.15) is 46.0 Å². The molecule has 0 radical (unpaired) electrons. The number of carbonyl (C=O) groups is 2. The largest absolute Gasteiger partial charge is 0.480 e. The van der Waals surface area contributed by atoms with E-state index < -0.39 is 12.0 Å². The molecule has 118 valence electrons. The third-order valence-electron chi connectivity index (χ3n) is 5.04. The molecule has 2 amide bonds. The zero-order chi connectivity index (χ0) is 15.1. The van der Waals surface area contributed by atoms with Crippen molar-refractivity contribution in [3.05, 3.63) is 0 Å². The van der Waals surface area contributed by atoms with Crippen molar-refractivity contribution in [3.63, 3.8) is 0 Å². The van der Waals surface area contributed by atoms with Crippen molar-refractivity contribution in [1.82, 2.24) is 9.80 Å². The smallest absolute Gasteiger partial charge is 0.327 e. The first-order chi connectivity index (χ1) is 10.0. The fourth-order valence-electron chi connectivity index (χ4n) is 3.66. The molecule has 0 aromatic carbocycles. The number of rotatable bonds is 3. The van der Waals surface area contributed by atoms with Crippen LogP contribution in [0.15, 0.2) is 0 Å². The Kier molecular flexibility index (Phi) is 4.08. The molecule has 1 saturated carbocycles. The molecular weight excluding hydrogens is 288 g/mol. The van der Waals surface area contributed by atoms with E-state index in [9.17, 15) is 14.7 Å². The van der Waals surface area contributed by atoms with E-state index in [2.05, 4.69) is 13.8 Å². The van der Waals surface area contributed by atoms with Crippen molar-refractivity contribution < 1.29 is 14.7 Å². The Balaban J connectivity index is 1.83. The molecule has 21 heavy (non-hydrogen) atoms. The van der Waals surface area contributed by atoms with Gasteiger partial charge in [-0.05, 0) is 44.9 Å². The molecular formula is C15H24N2O3S. The molecule has 5 nitrogen and oxygen atoms in total. The fraction of sp³-hybridized carbons (Fsp3) is 0.867. The van der Waals surface area contributed by atoms with E-state index in [1.54, 1.807) is 16.7 Å². The number of carboxylic acids is 1. The fourth-order valence-corrected chi connectivity index (χ4v) is 5.28. The van der Waals surface area contributed by atoms with Crippen LogP contribution in [0.25, 0.3) is 0 Å². The van der Waals surface area contributed by atoms with Gasteiger partial charge >= 0.3 is 12.0 Å². The zero-order valence-electron chi connectivity index (χ0n) is 12.7. The molecule has 6 heteroatoms. The predicted octanol–water partition coefficient (Wildman–Crippen LogP) is 2.61. The van der Waals surface area contributed by atoms with Crippen LogP contribution in [0.2, 0.25) is 0 Å². The number of aliphatic carboxylic acids is 1. The van der Waals surface area contributed by atoms with Gasteiger partial charge in [-0.25, -0.2) is 9.59 Å². The lowest BCUT2D eigenvalue weighted by molar-refractivity contribution is -0.141. The Hall–Kier alpha value is -0.910. The van der Waals surface area contributed by atoms with Crippen LogP contribution < -0.4 is 0 Å². The summed E-state index contributed by atoms with van der Waals surface area (Å²) in [5.74, 6) is 0.168. The summed E-state index contributed by atoms with van der Waals surface area (Å²) in [4.78, 5) is 28.2. The zero-order valence-corrected chi connectivity index (χ0v) is 13.5. The van der Waals surface area contributed by atoms with Crippen LogP contribution in [0.4, 0.5) is 4.79 Å². The summed E-state index contributed by atoms with van der Waals surface area (Å²) in [5, 5.41) is 9.53. The van der Waals surface area contributed by atoms with Gasteiger partial charge in [-0.1, -0.05) is 6.92 Å². The molecule has 4 atom stereocenters. The highest BCUT2D eigenvalue weighted by Crippen LogP contribution is 2.46. The van der Waals surface area contributed by atoms with Gasteiger partial charge in [-0.2, -0.15) is 0 Å². The van der Waals surface area contributed by atoms with E-state index in [0.29, 0.717) is 11.7 Å². The highest BCUT2D eigenvalue weighted by Gasteiger charge is 2.50. The highest BCUT2D eigenvalue weighted by atomic mass is 32.2. The van der Waals surface area contributed by atoms with Gasteiger partial charge in [-0.3, -0.25) is 4.90 Å². The SMILES string of the molecule is CCC1CCC(C)N1C(=O)N1C(C(=O)O)CSC1C1CC1. The summed E-state index contributed by atoms with van der Waals surface area (Å²) in [6, 6.07) is -0.200. The molecule has 3 rings (SSSR count). The number of carbonyl (C=O) groups excluding carboxylic acids is 1. The lowest BCUT2D eigenvalue weighted by Gasteiger charge is -2.36. The topological polar surface area (TPSA) is 60.9 Å². The molecule has 1 N–H and O–H groups in total. The minimum atomic E-state index is -0.862. The van der Waals surface area contributed by atoms with Crippen molar-refractivity contribution >= 4 is 23.8 Å². The maximum atomic E-state index is 13.1. The van der Waals surface area contributed by atoms with Crippen LogP contribution in [0.3, 0.4) is 0 Å². The normalized spacial score (nSPS) is 36.3. The van der Waals surface area contributed by atoms with E-state index in [0.717, 1.165) is 32.1 Å². The van der Waals surface area contributed by atoms with Gasteiger partial charge in [0.1, 0.15) is 6.04 Å². The summed E-state index contributed by atoms with van der Waals surface area (Å²) >= 11 is 1.65. The molecule has 0 bridgehead atoms. The first-order valence-electron chi connectivity index (χ1n) is 7.99. The van der Waals surface area contributed by atoms with Gasteiger partial charge in [0.2, 0.25) is 0 Å². The van der Waals surface area contributed by atoms with E-state index in [1.807, 2.05) is 4.90 Å². The Bertz CT molecular complexity index is 441. The quantitative estimate of drug-likeness (QED) is 0.870. The first kappa shape index (κ1) is 15.0. The average Bonchev–Trinajstić information content (AvgIpc) is 3.08. The molecule has 0 aromatic heterocycles. The van der Waals surface area contributed by atoms with Gasteiger partial charge in [0, 0.05) is 17.8 Å². The number of amides is 2. The van der Waals surface area contributed by atoms with Crippen LogP contribution >= 0.6 is 11.8 Å². The van der Waals surface area contributed by atoms with Gasteiger partial charge in [0.15, 0.2) is 0 Å². The van der Waals surface area contributed by atoms with Crippen molar-refractivity contribution in [2.75, 3.05) is 5.75 Å². The van der Waals surface area contributed by atoms with Crippen LogP contribution in [0.5, 0.6) is 0 Å². The molecule has 1 aliphatic carbocycles. The van der Waals surface area contributed by atoms with Gasteiger partial charge < -0.3 is 10.0 Å². The lowest BCUT2D eigenvalue weighted by atomic mass is 10.1. The maximum absolute atomic E-state index is 13.1. The van der Waals surface area contributed by atoms with Crippen molar-refractivity contribution in [2.24, 2.45) is 5.92 Å². The number of thioether (sulfide) groups is 1. The van der Waals surface area contributed by atoms with Crippen molar-refractivity contribution in [1.29, 1.82) is 0 Å². The second kappa shape index (κ2) is 5.71. The summed E-state index contributed by atoms with van der Waals surface area (Å²) in [6.45, 7) is 4.19. The van der Waals surface area contributed by atoms with Crippen molar-refractivity contribution in [3.8, 4) is 0 Å². The Morgan fingerprint density at radius 1 is 1.19 bits per heavy atom. The van der Waals surface area contributed by atoms with Gasteiger partial charge in [-0.15, -0.1) is 11.8 Å². The molecule has 2 heterocycles. The van der Waals surface area contributed by atoms with E-state index >= 15 is 0 Å². The number of carboxylic acid groups (broad SMARTS) is 1. The molecule has 2 saturated heterocycles. The third kappa shape index (κ3) is 2.62. The predicted molar refractivity (Wildman–Crippen MR) is 82.2 cm³/mol. The van der Waals surface area contributed by atoms with E-state index in [4.69, 9.17) is 0 Å². The number of hydrogen-bond donors (Lipinski definition) is 1. The monoisotopic (exact) mass is 312 g/mol. The van der Waals surface area contributed by atoms with E-state index in [-0.39, 0.29) is 23.5 Å². The summed E-state index contributed by atoms with van der Waals surface area (Å²) in [7, 11) is 0. The minimum absolute atomic E-state index is 0.0406. The highest BCUT2D eigenvalue weighted by molar-refractivity contribution is 8.00. The molecule has 0 spiro atoms. The van der Waals surface area contributed by atoms with Gasteiger partial charge in [0.25, 0.3) is 0 Å². The summed E-state index contributed by atoms with van der Waals surface area (Å²) < 4.78 is 0. The Labute approximate surface area is 130 Å². The van der Waals surface area contributed by atoms with Crippen molar-refractivity contribution in [2.45, 2.75) is 69.5 Å². The summed E-state index contributed by atoms with van der Waals surface area (Å²) in [5.41, 5.74) is 0. The Morgan fingerprint density at radius 3 is 2.48 bits per heavy atom.